The van der Waals surface area contributed by atoms with E-state index in [1.54, 1.807) is 30.3 Å². The Morgan fingerprint density at radius 1 is 0.909 bits per heavy atom. The molecule has 0 aliphatic heterocycles. The molecule has 118 valence electrons. The first-order valence-corrected chi connectivity index (χ1v) is 8.24. The van der Waals surface area contributed by atoms with Gasteiger partial charge >= 0.3 is 6.18 Å². The molecule has 2 aromatic carbocycles. The van der Waals surface area contributed by atoms with E-state index in [2.05, 4.69) is 5.32 Å². The first kappa shape index (κ1) is 16.4. The Kier molecular flexibility index (Phi) is 4.75. The van der Waals surface area contributed by atoms with Crippen LogP contribution in [0.2, 0.25) is 0 Å². The van der Waals surface area contributed by atoms with Crippen LogP contribution in [-0.2, 0) is 21.8 Å². The molecular weight excluding hydrogens is 315 g/mol. The van der Waals surface area contributed by atoms with Gasteiger partial charge in [-0.05, 0) is 29.8 Å². The number of sulfone groups is 1. The number of nitrogens with one attached hydrogen (secondary N) is 1. The van der Waals surface area contributed by atoms with Crippen LogP contribution in [0.1, 0.15) is 11.1 Å². The Bertz CT molecular complexity index is 711. The van der Waals surface area contributed by atoms with Crippen molar-refractivity contribution in [1.29, 1.82) is 0 Å². The molecule has 0 unspecified atom stereocenters. The summed E-state index contributed by atoms with van der Waals surface area (Å²) in [7, 11) is -3.40. The van der Waals surface area contributed by atoms with Gasteiger partial charge in [0.05, 0.1) is 11.3 Å². The number of benzene rings is 2. The molecule has 0 amide bonds. The van der Waals surface area contributed by atoms with Crippen molar-refractivity contribution >= 4 is 15.5 Å². The zero-order chi connectivity index (χ0) is 16.2. The predicted molar refractivity (Wildman–Crippen MR) is 79.0 cm³/mol. The van der Waals surface area contributed by atoms with E-state index in [4.69, 9.17) is 0 Å². The van der Waals surface area contributed by atoms with E-state index in [0.29, 0.717) is 11.3 Å². The van der Waals surface area contributed by atoms with Crippen LogP contribution >= 0.6 is 0 Å². The largest absolute Gasteiger partial charge is 0.416 e. The van der Waals surface area contributed by atoms with Crippen molar-refractivity contribution in [3.05, 3.63) is 65.7 Å². The third-order valence-corrected chi connectivity index (χ3v) is 4.30. The van der Waals surface area contributed by atoms with Gasteiger partial charge in [-0.2, -0.15) is 13.2 Å². The summed E-state index contributed by atoms with van der Waals surface area (Å²) in [5.41, 5.74) is 0.214. The Hall–Kier alpha value is -2.02. The van der Waals surface area contributed by atoms with Crippen LogP contribution in [0, 0.1) is 0 Å². The minimum Gasteiger partial charge on any atom is -0.372 e. The predicted octanol–water partition coefficient (Wildman–Crippen LogP) is 3.69. The minimum absolute atomic E-state index is 0.124. The van der Waals surface area contributed by atoms with E-state index in [-0.39, 0.29) is 11.6 Å². The van der Waals surface area contributed by atoms with E-state index in [1.165, 1.54) is 12.1 Å². The Morgan fingerprint density at radius 3 is 2.05 bits per heavy atom. The second kappa shape index (κ2) is 6.39. The van der Waals surface area contributed by atoms with Gasteiger partial charge in [-0.3, -0.25) is 0 Å². The molecule has 0 atom stereocenters. The lowest BCUT2D eigenvalue weighted by molar-refractivity contribution is -0.137. The van der Waals surface area contributed by atoms with Crippen molar-refractivity contribution in [3.63, 3.8) is 0 Å². The number of rotatable bonds is 5. The summed E-state index contributed by atoms with van der Waals surface area (Å²) < 4.78 is 61.2. The molecule has 0 aromatic heterocycles. The molecule has 0 fully saturated rings. The molecular formula is C15H14F3NO2S. The smallest absolute Gasteiger partial charge is 0.372 e. The lowest BCUT2D eigenvalue weighted by Gasteiger charge is -2.10. The van der Waals surface area contributed by atoms with Crippen LogP contribution in [0.4, 0.5) is 18.9 Å². The van der Waals surface area contributed by atoms with Gasteiger partial charge in [-0.1, -0.05) is 30.3 Å². The number of hydrogen-bond donors (Lipinski definition) is 1. The fourth-order valence-corrected chi connectivity index (χ4v) is 3.04. The molecule has 0 aliphatic rings. The van der Waals surface area contributed by atoms with E-state index in [1.807, 2.05) is 0 Å². The third kappa shape index (κ3) is 4.77. The molecule has 3 nitrogen and oxygen atoms in total. The summed E-state index contributed by atoms with van der Waals surface area (Å²) >= 11 is 0. The topological polar surface area (TPSA) is 46.2 Å². The summed E-state index contributed by atoms with van der Waals surface area (Å²) in [5, 5.41) is 2.63. The maximum Gasteiger partial charge on any atom is 0.416 e. The fraction of sp³-hybridized carbons (Fsp3) is 0.200. The molecule has 2 aromatic rings. The van der Waals surface area contributed by atoms with Gasteiger partial charge in [0.15, 0.2) is 9.84 Å². The molecule has 0 saturated carbocycles. The first-order chi connectivity index (χ1) is 10.3. The van der Waals surface area contributed by atoms with Crippen LogP contribution in [-0.4, -0.2) is 14.3 Å². The molecule has 0 bridgehead atoms. The summed E-state index contributed by atoms with van der Waals surface area (Å²) in [6.45, 7) is 0. The Labute approximate surface area is 126 Å². The van der Waals surface area contributed by atoms with Crippen LogP contribution < -0.4 is 5.32 Å². The maximum atomic E-state index is 12.4. The van der Waals surface area contributed by atoms with Crippen molar-refractivity contribution in [2.24, 2.45) is 0 Å². The Morgan fingerprint density at radius 2 is 1.50 bits per heavy atom. The van der Waals surface area contributed by atoms with Crippen LogP contribution in [0.25, 0.3) is 0 Å². The number of halogens is 3. The van der Waals surface area contributed by atoms with Gasteiger partial charge < -0.3 is 5.32 Å². The van der Waals surface area contributed by atoms with Gasteiger partial charge in [0.25, 0.3) is 0 Å². The van der Waals surface area contributed by atoms with Crippen LogP contribution in [0.5, 0.6) is 0 Å². The second-order valence-electron chi connectivity index (χ2n) is 4.77. The summed E-state index contributed by atoms with van der Waals surface area (Å²) in [4.78, 5) is 0. The lowest BCUT2D eigenvalue weighted by atomic mass is 10.2. The monoisotopic (exact) mass is 329 g/mol. The van der Waals surface area contributed by atoms with E-state index >= 15 is 0 Å². The van der Waals surface area contributed by atoms with Crippen molar-refractivity contribution < 1.29 is 21.6 Å². The molecule has 0 saturated heterocycles. The van der Waals surface area contributed by atoms with Gasteiger partial charge in [0, 0.05) is 5.69 Å². The average Bonchev–Trinajstić information content (AvgIpc) is 2.45. The quantitative estimate of drug-likeness (QED) is 0.910. The number of alkyl halides is 3. The normalized spacial score (nSPS) is 12.1. The molecule has 0 spiro atoms. The first-order valence-electron chi connectivity index (χ1n) is 6.42. The average molecular weight is 329 g/mol. The fourth-order valence-electron chi connectivity index (χ4n) is 1.85. The van der Waals surface area contributed by atoms with Crippen molar-refractivity contribution in [3.8, 4) is 0 Å². The molecule has 0 radical (unpaired) electrons. The highest BCUT2D eigenvalue weighted by Gasteiger charge is 2.29. The second-order valence-corrected chi connectivity index (χ2v) is 6.83. The van der Waals surface area contributed by atoms with Crippen LogP contribution in [0.3, 0.4) is 0 Å². The number of hydrogen-bond acceptors (Lipinski definition) is 3. The summed E-state index contributed by atoms with van der Waals surface area (Å²) in [6, 6.07) is 12.9. The SMILES string of the molecule is O=S(=O)(CNc1ccc(C(F)(F)F)cc1)Cc1ccccc1. The minimum atomic E-state index is -4.40. The van der Waals surface area contributed by atoms with Crippen molar-refractivity contribution in [2.45, 2.75) is 11.9 Å². The molecule has 0 heterocycles. The molecule has 2 rings (SSSR count). The highest BCUT2D eigenvalue weighted by atomic mass is 32.2. The maximum absolute atomic E-state index is 12.4. The van der Waals surface area contributed by atoms with Gasteiger partial charge in [0.2, 0.25) is 0 Å². The van der Waals surface area contributed by atoms with E-state index in [0.717, 1.165) is 12.1 Å². The van der Waals surface area contributed by atoms with Gasteiger partial charge in [-0.25, -0.2) is 8.42 Å². The highest BCUT2D eigenvalue weighted by Crippen LogP contribution is 2.29. The zero-order valence-electron chi connectivity index (χ0n) is 11.5. The van der Waals surface area contributed by atoms with Gasteiger partial charge in [0.1, 0.15) is 5.88 Å². The molecule has 7 heteroatoms. The highest BCUT2D eigenvalue weighted by molar-refractivity contribution is 7.90. The van der Waals surface area contributed by atoms with Crippen molar-refractivity contribution in [2.75, 3.05) is 11.2 Å². The standard InChI is InChI=1S/C15H14F3NO2S/c16-15(17,18)13-6-8-14(9-7-13)19-11-22(20,21)10-12-4-2-1-3-5-12/h1-9,19H,10-11H2. The number of anilines is 1. The zero-order valence-corrected chi connectivity index (χ0v) is 12.3. The summed E-state index contributed by atoms with van der Waals surface area (Å²) in [6.07, 6.45) is -4.40. The van der Waals surface area contributed by atoms with E-state index < -0.39 is 21.6 Å². The van der Waals surface area contributed by atoms with E-state index in [9.17, 15) is 21.6 Å². The Balaban J connectivity index is 1.97. The third-order valence-electron chi connectivity index (χ3n) is 2.94. The van der Waals surface area contributed by atoms with Crippen LogP contribution in [0.15, 0.2) is 54.6 Å². The lowest BCUT2D eigenvalue weighted by Crippen LogP contribution is -2.16. The molecule has 1 N–H and O–H groups in total. The molecule has 0 aliphatic carbocycles. The van der Waals surface area contributed by atoms with Gasteiger partial charge in [-0.15, -0.1) is 0 Å². The van der Waals surface area contributed by atoms with Crippen molar-refractivity contribution in [1.82, 2.24) is 0 Å². The summed E-state index contributed by atoms with van der Waals surface area (Å²) in [5.74, 6) is -0.464. The molecule has 22 heavy (non-hydrogen) atoms.